The van der Waals surface area contributed by atoms with Crippen LogP contribution in [0.4, 0.5) is 0 Å². The van der Waals surface area contributed by atoms with Crippen LogP contribution in [0.25, 0.3) is 0 Å². The van der Waals surface area contributed by atoms with Crippen molar-refractivity contribution in [3.05, 3.63) is 18.2 Å². The third-order valence-corrected chi connectivity index (χ3v) is 7.95. The lowest BCUT2D eigenvalue weighted by Gasteiger charge is -2.29. The number of nitrogens with zero attached hydrogens (tertiary/aromatic N) is 1. The summed E-state index contributed by atoms with van der Waals surface area (Å²) in [6, 6.07) is 4.01. The highest BCUT2D eigenvalue weighted by Crippen LogP contribution is 2.34. The van der Waals surface area contributed by atoms with Gasteiger partial charge in [0.1, 0.15) is 13.2 Å². The molecular formula is C16H23NO6S2. The van der Waals surface area contributed by atoms with Gasteiger partial charge in [0.25, 0.3) is 0 Å². The second kappa shape index (κ2) is 6.77. The predicted molar refractivity (Wildman–Crippen MR) is 93.2 cm³/mol. The molecule has 0 N–H and O–H groups in total. The zero-order valence-electron chi connectivity index (χ0n) is 14.3. The van der Waals surface area contributed by atoms with E-state index in [-0.39, 0.29) is 28.9 Å². The third-order valence-electron chi connectivity index (χ3n) is 4.28. The fraction of sp³-hybridized carbons (Fsp3) is 0.625. The first-order chi connectivity index (χ1) is 11.7. The molecule has 0 amide bonds. The Labute approximate surface area is 148 Å². The van der Waals surface area contributed by atoms with Crippen LogP contribution in [0.3, 0.4) is 0 Å². The molecule has 1 aromatic rings. The van der Waals surface area contributed by atoms with Crippen LogP contribution in [-0.2, 0) is 19.9 Å². The van der Waals surface area contributed by atoms with Gasteiger partial charge in [-0.2, -0.15) is 4.31 Å². The lowest BCUT2D eigenvalue weighted by molar-refractivity contribution is 0.171. The van der Waals surface area contributed by atoms with Gasteiger partial charge in [0.2, 0.25) is 10.0 Å². The number of fused-ring (bicyclic) bond motifs is 1. The van der Waals surface area contributed by atoms with Gasteiger partial charge in [0.15, 0.2) is 21.3 Å². The molecule has 1 aromatic carbocycles. The number of ether oxygens (including phenoxy) is 2. The summed E-state index contributed by atoms with van der Waals surface area (Å²) < 4.78 is 62.3. The molecule has 0 bridgehead atoms. The highest BCUT2D eigenvalue weighted by molar-refractivity contribution is 7.92. The van der Waals surface area contributed by atoms with E-state index in [9.17, 15) is 16.8 Å². The molecule has 0 aliphatic carbocycles. The molecule has 25 heavy (non-hydrogen) atoms. The van der Waals surface area contributed by atoms with Gasteiger partial charge in [0.05, 0.1) is 16.4 Å². The molecule has 0 saturated carbocycles. The summed E-state index contributed by atoms with van der Waals surface area (Å²) in [7, 11) is -7.01. The Balaban J connectivity index is 1.96. The van der Waals surface area contributed by atoms with Crippen molar-refractivity contribution in [3.8, 4) is 11.5 Å². The van der Waals surface area contributed by atoms with Crippen molar-refractivity contribution in [2.75, 3.05) is 31.3 Å². The van der Waals surface area contributed by atoms with Gasteiger partial charge in [-0.25, -0.2) is 16.8 Å². The van der Waals surface area contributed by atoms with Crippen molar-refractivity contribution in [2.45, 2.75) is 31.2 Å². The zero-order chi connectivity index (χ0) is 18.2. The molecule has 140 valence electrons. The molecule has 2 aliphatic heterocycles. The molecule has 7 nitrogen and oxygen atoms in total. The van der Waals surface area contributed by atoms with E-state index < -0.39 is 25.9 Å². The number of sulfone groups is 1. The number of sulfonamides is 1. The van der Waals surface area contributed by atoms with E-state index in [1.54, 1.807) is 6.07 Å². The Hall–Kier alpha value is -1.32. The monoisotopic (exact) mass is 389 g/mol. The van der Waals surface area contributed by atoms with Crippen molar-refractivity contribution >= 4 is 19.9 Å². The second-order valence-corrected chi connectivity index (χ2v) is 11.0. The van der Waals surface area contributed by atoms with Crippen molar-refractivity contribution in [1.82, 2.24) is 4.31 Å². The second-order valence-electron chi connectivity index (χ2n) is 6.83. The van der Waals surface area contributed by atoms with Crippen LogP contribution >= 0.6 is 0 Å². The first kappa shape index (κ1) is 18.5. The Bertz CT molecular complexity index is 847. The van der Waals surface area contributed by atoms with Crippen LogP contribution in [0, 0.1) is 5.92 Å². The van der Waals surface area contributed by atoms with Crippen LogP contribution in [0.5, 0.6) is 11.5 Å². The van der Waals surface area contributed by atoms with Crippen molar-refractivity contribution in [2.24, 2.45) is 5.92 Å². The number of hydrogen-bond acceptors (Lipinski definition) is 6. The molecule has 9 heteroatoms. The molecular weight excluding hydrogens is 366 g/mol. The Kier molecular flexibility index (Phi) is 5.00. The molecule has 1 atom stereocenters. The average Bonchev–Trinajstić information content (AvgIpc) is 2.91. The summed E-state index contributed by atoms with van der Waals surface area (Å²) in [5, 5.41) is 0. The summed E-state index contributed by atoms with van der Waals surface area (Å²) in [6.45, 7) is 4.90. The zero-order valence-corrected chi connectivity index (χ0v) is 16.0. The Morgan fingerprint density at radius 2 is 1.88 bits per heavy atom. The predicted octanol–water partition coefficient (Wildman–Crippen LogP) is 1.29. The minimum atomic E-state index is -3.83. The molecule has 3 rings (SSSR count). The van der Waals surface area contributed by atoms with Gasteiger partial charge in [-0.15, -0.1) is 0 Å². The summed E-state index contributed by atoms with van der Waals surface area (Å²) in [6.07, 6.45) is 0.332. The van der Waals surface area contributed by atoms with Gasteiger partial charge in [-0.1, -0.05) is 13.8 Å². The molecule has 0 radical (unpaired) electrons. The van der Waals surface area contributed by atoms with E-state index in [2.05, 4.69) is 0 Å². The molecule has 2 heterocycles. The van der Waals surface area contributed by atoms with Gasteiger partial charge in [-0.3, -0.25) is 0 Å². The lowest BCUT2D eigenvalue weighted by Crippen LogP contribution is -2.43. The minimum Gasteiger partial charge on any atom is -0.486 e. The topological polar surface area (TPSA) is 90.0 Å². The van der Waals surface area contributed by atoms with Crippen molar-refractivity contribution in [1.29, 1.82) is 0 Å². The minimum absolute atomic E-state index is 0.0307. The summed E-state index contributed by atoms with van der Waals surface area (Å²) in [5.41, 5.74) is 0. The highest BCUT2D eigenvalue weighted by atomic mass is 32.2. The quantitative estimate of drug-likeness (QED) is 0.754. The Morgan fingerprint density at radius 3 is 2.48 bits per heavy atom. The highest BCUT2D eigenvalue weighted by Gasteiger charge is 2.39. The molecule has 0 spiro atoms. The van der Waals surface area contributed by atoms with Gasteiger partial charge in [-0.05, 0) is 24.5 Å². The maximum Gasteiger partial charge on any atom is 0.243 e. The van der Waals surface area contributed by atoms with Crippen LogP contribution in [0.15, 0.2) is 23.1 Å². The summed E-state index contributed by atoms with van der Waals surface area (Å²) in [5.74, 6) is 0.905. The van der Waals surface area contributed by atoms with Gasteiger partial charge < -0.3 is 9.47 Å². The number of hydrogen-bond donors (Lipinski definition) is 0. The molecule has 1 fully saturated rings. The van der Waals surface area contributed by atoms with E-state index in [4.69, 9.17) is 9.47 Å². The first-order valence-corrected chi connectivity index (χ1v) is 11.6. The molecule has 1 saturated heterocycles. The third kappa shape index (κ3) is 3.93. The fourth-order valence-corrected chi connectivity index (χ4v) is 6.78. The van der Waals surface area contributed by atoms with Crippen molar-refractivity contribution in [3.63, 3.8) is 0 Å². The van der Waals surface area contributed by atoms with Gasteiger partial charge >= 0.3 is 0 Å². The first-order valence-electron chi connectivity index (χ1n) is 8.31. The maximum atomic E-state index is 13.2. The number of rotatable bonds is 5. The van der Waals surface area contributed by atoms with Crippen molar-refractivity contribution < 1.29 is 26.3 Å². The van der Waals surface area contributed by atoms with Crippen LogP contribution < -0.4 is 9.47 Å². The van der Waals surface area contributed by atoms with E-state index >= 15 is 0 Å². The maximum absolute atomic E-state index is 13.2. The van der Waals surface area contributed by atoms with E-state index in [0.29, 0.717) is 31.1 Å². The van der Waals surface area contributed by atoms with E-state index in [1.807, 2.05) is 13.8 Å². The van der Waals surface area contributed by atoms with Crippen LogP contribution in [0.1, 0.15) is 20.3 Å². The average molecular weight is 389 g/mol. The van der Waals surface area contributed by atoms with Crippen LogP contribution in [0.2, 0.25) is 0 Å². The van der Waals surface area contributed by atoms with E-state index in [1.165, 1.54) is 16.4 Å². The standard InChI is InChI=1S/C16H23NO6S2/c1-12(2)10-17(13-5-8-24(18,19)11-13)25(20,21)14-3-4-15-16(9-14)23-7-6-22-15/h3-4,9,12-13H,5-8,10-11H2,1-2H3/t13-/m1/s1. The summed E-state index contributed by atoms with van der Waals surface area (Å²) in [4.78, 5) is 0.0988. The SMILES string of the molecule is CC(C)CN([C@@H]1CCS(=O)(=O)C1)S(=O)(=O)c1ccc2c(c1)OCCO2. The Morgan fingerprint density at radius 1 is 1.20 bits per heavy atom. The van der Waals surface area contributed by atoms with E-state index in [0.717, 1.165) is 0 Å². The van der Waals surface area contributed by atoms with Crippen LogP contribution in [-0.4, -0.2) is 58.4 Å². The molecule has 0 unspecified atom stereocenters. The smallest absolute Gasteiger partial charge is 0.243 e. The van der Waals surface area contributed by atoms with Gasteiger partial charge in [0, 0.05) is 18.7 Å². The molecule has 2 aliphatic rings. The fourth-order valence-electron chi connectivity index (χ4n) is 3.13. The summed E-state index contributed by atoms with van der Waals surface area (Å²) >= 11 is 0. The lowest BCUT2D eigenvalue weighted by atomic mass is 10.2. The normalized spacial score (nSPS) is 22.5. The number of benzene rings is 1. The molecule has 0 aromatic heterocycles. The largest absolute Gasteiger partial charge is 0.486 e.